The van der Waals surface area contributed by atoms with Crippen LogP contribution in [0.2, 0.25) is 0 Å². The molecule has 0 radical (unpaired) electrons. The van der Waals surface area contributed by atoms with Crippen molar-refractivity contribution in [3.8, 4) is 0 Å². The molecule has 6 nitrogen and oxygen atoms in total. The summed E-state index contributed by atoms with van der Waals surface area (Å²) in [6, 6.07) is 0. The number of rotatable bonds is 5. The molecule has 0 spiro atoms. The first-order chi connectivity index (χ1) is 10.4. The Morgan fingerprint density at radius 2 is 1.96 bits per heavy atom. The molecule has 2 N–H and O–H groups in total. The Morgan fingerprint density at radius 3 is 2.52 bits per heavy atom. The number of nitrogens with zero attached hydrogens (tertiary/aromatic N) is 3. The fraction of sp³-hybridized carbons (Fsp3) is 0.750. The van der Waals surface area contributed by atoms with E-state index in [1.807, 2.05) is 11.1 Å². The van der Waals surface area contributed by atoms with Gasteiger partial charge in [0.1, 0.15) is 0 Å². The zero-order valence-electron chi connectivity index (χ0n) is 14.7. The number of hydrogen-bond acceptors (Lipinski definition) is 4. The van der Waals surface area contributed by atoms with Crippen molar-refractivity contribution in [3.63, 3.8) is 0 Å². The lowest BCUT2D eigenvalue weighted by Crippen LogP contribution is -2.50. The summed E-state index contributed by atoms with van der Waals surface area (Å²) in [4.78, 5) is 16.6. The third kappa shape index (κ3) is 5.48. The standard InChI is InChI=1S/C16H29N5O.ClH/c1-5-20-6-8-21(9-7-20)14(22)12-17-10-13-11-18-19-15(13)16(2,3)4;/h11,17H,5-10,12H2,1-4H3,(H,18,19);1H. The van der Waals surface area contributed by atoms with Crippen LogP contribution < -0.4 is 5.32 Å². The van der Waals surface area contributed by atoms with E-state index in [0.29, 0.717) is 13.1 Å². The maximum atomic E-state index is 12.2. The van der Waals surface area contributed by atoms with Gasteiger partial charge < -0.3 is 15.1 Å². The Hall–Kier alpha value is -1.11. The van der Waals surface area contributed by atoms with Crippen molar-refractivity contribution >= 4 is 18.3 Å². The minimum atomic E-state index is 0. The van der Waals surface area contributed by atoms with E-state index in [4.69, 9.17) is 0 Å². The molecule has 0 aromatic carbocycles. The van der Waals surface area contributed by atoms with Gasteiger partial charge in [0, 0.05) is 49.4 Å². The number of aromatic nitrogens is 2. The summed E-state index contributed by atoms with van der Waals surface area (Å²) in [6.45, 7) is 14.4. The summed E-state index contributed by atoms with van der Waals surface area (Å²) < 4.78 is 0. The molecule has 2 rings (SSSR count). The van der Waals surface area contributed by atoms with Gasteiger partial charge in [0.05, 0.1) is 12.7 Å². The fourth-order valence-electron chi connectivity index (χ4n) is 2.82. The predicted molar refractivity (Wildman–Crippen MR) is 94.9 cm³/mol. The summed E-state index contributed by atoms with van der Waals surface area (Å²) in [5, 5.41) is 10.5. The fourth-order valence-corrected chi connectivity index (χ4v) is 2.82. The lowest BCUT2D eigenvalue weighted by Gasteiger charge is -2.34. The van der Waals surface area contributed by atoms with Crippen molar-refractivity contribution in [1.82, 2.24) is 25.3 Å². The van der Waals surface area contributed by atoms with E-state index in [-0.39, 0.29) is 23.7 Å². The van der Waals surface area contributed by atoms with Crippen LogP contribution in [-0.4, -0.2) is 65.2 Å². The number of carbonyl (C=O) groups is 1. The normalized spacial score (nSPS) is 16.3. The van der Waals surface area contributed by atoms with E-state index in [9.17, 15) is 4.79 Å². The van der Waals surface area contributed by atoms with Crippen LogP contribution in [-0.2, 0) is 16.8 Å². The van der Waals surface area contributed by atoms with Gasteiger partial charge in [-0.15, -0.1) is 12.4 Å². The molecule has 2 heterocycles. The predicted octanol–water partition coefficient (Wildman–Crippen LogP) is 1.38. The summed E-state index contributed by atoms with van der Waals surface area (Å²) in [5.41, 5.74) is 2.30. The van der Waals surface area contributed by atoms with Gasteiger partial charge in [-0.25, -0.2) is 0 Å². The molecule has 7 heteroatoms. The lowest BCUT2D eigenvalue weighted by molar-refractivity contribution is -0.131. The number of amides is 1. The maximum absolute atomic E-state index is 12.2. The Kier molecular flexibility index (Phi) is 7.51. The number of halogens is 1. The van der Waals surface area contributed by atoms with Crippen LogP contribution in [0.4, 0.5) is 0 Å². The van der Waals surface area contributed by atoms with Gasteiger partial charge in [0.15, 0.2) is 0 Å². The molecule has 0 bridgehead atoms. The summed E-state index contributed by atoms with van der Waals surface area (Å²) in [6.07, 6.45) is 1.85. The highest BCUT2D eigenvalue weighted by atomic mass is 35.5. The Morgan fingerprint density at radius 1 is 1.30 bits per heavy atom. The van der Waals surface area contributed by atoms with Crippen LogP contribution >= 0.6 is 12.4 Å². The minimum absolute atomic E-state index is 0. The number of carbonyl (C=O) groups excluding carboxylic acids is 1. The summed E-state index contributed by atoms with van der Waals surface area (Å²) >= 11 is 0. The molecule has 1 saturated heterocycles. The topological polar surface area (TPSA) is 64.3 Å². The third-order valence-electron chi connectivity index (χ3n) is 4.23. The van der Waals surface area contributed by atoms with Crippen LogP contribution in [0.5, 0.6) is 0 Å². The molecular weight excluding hydrogens is 314 g/mol. The van der Waals surface area contributed by atoms with Crippen molar-refractivity contribution in [2.24, 2.45) is 0 Å². The number of piperazine rings is 1. The first kappa shape index (κ1) is 19.9. The molecule has 1 amide bonds. The lowest BCUT2D eigenvalue weighted by atomic mass is 9.89. The van der Waals surface area contributed by atoms with Gasteiger partial charge >= 0.3 is 0 Å². The Labute approximate surface area is 145 Å². The number of aromatic amines is 1. The van der Waals surface area contributed by atoms with Gasteiger partial charge in [0.25, 0.3) is 0 Å². The van der Waals surface area contributed by atoms with Gasteiger partial charge in [-0.1, -0.05) is 27.7 Å². The molecule has 1 fully saturated rings. The average molecular weight is 344 g/mol. The highest BCUT2D eigenvalue weighted by Gasteiger charge is 2.21. The van der Waals surface area contributed by atoms with Crippen molar-refractivity contribution in [1.29, 1.82) is 0 Å². The molecule has 0 atom stereocenters. The van der Waals surface area contributed by atoms with Gasteiger partial charge in [-0.3, -0.25) is 9.89 Å². The quantitative estimate of drug-likeness (QED) is 0.848. The maximum Gasteiger partial charge on any atom is 0.236 e. The molecule has 1 aromatic heterocycles. The molecule has 0 aliphatic carbocycles. The average Bonchev–Trinajstić information content (AvgIpc) is 2.96. The van der Waals surface area contributed by atoms with Gasteiger partial charge in [-0.2, -0.15) is 5.10 Å². The smallest absolute Gasteiger partial charge is 0.236 e. The van der Waals surface area contributed by atoms with E-state index >= 15 is 0 Å². The van der Waals surface area contributed by atoms with Crippen molar-refractivity contribution in [3.05, 3.63) is 17.5 Å². The molecule has 1 aromatic rings. The molecule has 0 saturated carbocycles. The molecule has 1 aliphatic heterocycles. The zero-order valence-corrected chi connectivity index (χ0v) is 15.5. The molecule has 23 heavy (non-hydrogen) atoms. The van der Waals surface area contributed by atoms with E-state index < -0.39 is 0 Å². The van der Waals surface area contributed by atoms with Crippen LogP contribution in [0, 0.1) is 0 Å². The Bertz CT molecular complexity index is 489. The van der Waals surface area contributed by atoms with Crippen LogP contribution in [0.1, 0.15) is 39.0 Å². The molecule has 0 unspecified atom stereocenters. The number of hydrogen-bond donors (Lipinski definition) is 2. The van der Waals surface area contributed by atoms with Crippen molar-refractivity contribution in [2.45, 2.75) is 39.7 Å². The van der Waals surface area contributed by atoms with E-state index in [1.165, 1.54) is 0 Å². The van der Waals surface area contributed by atoms with E-state index in [0.717, 1.165) is 44.0 Å². The first-order valence-electron chi connectivity index (χ1n) is 8.15. The molecular formula is C16H30ClN5O. The van der Waals surface area contributed by atoms with Crippen molar-refractivity contribution < 1.29 is 4.79 Å². The van der Waals surface area contributed by atoms with Crippen LogP contribution in [0.15, 0.2) is 6.20 Å². The first-order valence-corrected chi connectivity index (χ1v) is 8.15. The number of nitrogens with one attached hydrogen (secondary N) is 2. The zero-order chi connectivity index (χ0) is 16.2. The SMILES string of the molecule is CCN1CCN(C(=O)CNCc2cn[nH]c2C(C)(C)C)CC1.Cl. The van der Waals surface area contributed by atoms with Crippen molar-refractivity contribution in [2.75, 3.05) is 39.3 Å². The van der Waals surface area contributed by atoms with Crippen LogP contribution in [0.25, 0.3) is 0 Å². The monoisotopic (exact) mass is 343 g/mol. The summed E-state index contributed by atoms with van der Waals surface area (Å²) in [5.74, 6) is 0.191. The second kappa shape index (κ2) is 8.66. The Balaban J connectivity index is 0.00000264. The summed E-state index contributed by atoms with van der Waals surface area (Å²) in [7, 11) is 0. The highest BCUT2D eigenvalue weighted by molar-refractivity contribution is 5.85. The minimum Gasteiger partial charge on any atom is -0.339 e. The molecule has 1 aliphatic rings. The number of likely N-dealkylation sites (N-methyl/N-ethyl adjacent to an activating group) is 1. The van der Waals surface area contributed by atoms with Gasteiger partial charge in [0.2, 0.25) is 5.91 Å². The highest BCUT2D eigenvalue weighted by Crippen LogP contribution is 2.23. The second-order valence-electron chi connectivity index (χ2n) is 6.94. The third-order valence-corrected chi connectivity index (χ3v) is 4.23. The van der Waals surface area contributed by atoms with Gasteiger partial charge in [-0.05, 0) is 6.54 Å². The number of H-pyrrole nitrogens is 1. The van der Waals surface area contributed by atoms with E-state index in [1.54, 1.807) is 0 Å². The van der Waals surface area contributed by atoms with Crippen LogP contribution in [0.3, 0.4) is 0 Å². The van der Waals surface area contributed by atoms with E-state index in [2.05, 4.69) is 48.1 Å². The largest absolute Gasteiger partial charge is 0.339 e. The molecule has 132 valence electrons. The second-order valence-corrected chi connectivity index (χ2v) is 6.94.